The Morgan fingerprint density at radius 3 is 3.00 bits per heavy atom. The predicted molar refractivity (Wildman–Crippen MR) is 64.4 cm³/mol. The van der Waals surface area contributed by atoms with E-state index in [2.05, 4.69) is 5.16 Å². The molecule has 0 radical (unpaired) electrons. The van der Waals surface area contributed by atoms with Gasteiger partial charge in [0.05, 0.1) is 6.61 Å². The molecule has 0 aliphatic carbocycles. The minimum atomic E-state index is -0.944. The van der Waals surface area contributed by atoms with Crippen LogP contribution in [0.25, 0.3) is 11.3 Å². The third-order valence-electron chi connectivity index (χ3n) is 2.33. The van der Waals surface area contributed by atoms with Crippen LogP contribution in [-0.2, 0) is 11.2 Å². The Balaban J connectivity index is 2.22. The molecule has 94 valence electrons. The topological polar surface area (TPSA) is 72.6 Å². The van der Waals surface area contributed by atoms with Crippen molar-refractivity contribution in [1.29, 1.82) is 0 Å². The van der Waals surface area contributed by atoms with Gasteiger partial charge in [-0.25, -0.2) is 0 Å². The summed E-state index contributed by atoms with van der Waals surface area (Å²) in [6, 6.07) is 9.03. The summed E-state index contributed by atoms with van der Waals surface area (Å²) in [4.78, 5) is 10.5. The van der Waals surface area contributed by atoms with Crippen LogP contribution < -0.4 is 4.74 Å². The van der Waals surface area contributed by atoms with Gasteiger partial charge in [-0.3, -0.25) is 4.79 Å². The molecule has 0 aliphatic heterocycles. The SMILES string of the molecule is CCOc1cccc(-c2cc(CC(=O)O)on2)c1. The molecule has 0 atom stereocenters. The number of benzene rings is 1. The monoisotopic (exact) mass is 247 g/mol. The molecule has 2 aromatic rings. The Bertz CT molecular complexity index is 547. The lowest BCUT2D eigenvalue weighted by Crippen LogP contribution is -1.97. The van der Waals surface area contributed by atoms with E-state index in [4.69, 9.17) is 14.4 Å². The van der Waals surface area contributed by atoms with Crippen molar-refractivity contribution < 1.29 is 19.2 Å². The summed E-state index contributed by atoms with van der Waals surface area (Å²) in [5, 5.41) is 12.5. The molecular formula is C13H13NO4. The maximum absolute atomic E-state index is 10.5. The summed E-state index contributed by atoms with van der Waals surface area (Å²) >= 11 is 0. The second-order valence-corrected chi connectivity index (χ2v) is 3.71. The zero-order valence-electron chi connectivity index (χ0n) is 9.92. The Morgan fingerprint density at radius 2 is 2.28 bits per heavy atom. The van der Waals surface area contributed by atoms with Gasteiger partial charge < -0.3 is 14.4 Å². The van der Waals surface area contributed by atoms with Crippen LogP contribution in [-0.4, -0.2) is 22.8 Å². The fourth-order valence-corrected chi connectivity index (χ4v) is 1.59. The van der Waals surface area contributed by atoms with Gasteiger partial charge in [-0.05, 0) is 19.1 Å². The highest BCUT2D eigenvalue weighted by atomic mass is 16.5. The van der Waals surface area contributed by atoms with Gasteiger partial charge in [-0.1, -0.05) is 17.3 Å². The molecule has 0 spiro atoms. The van der Waals surface area contributed by atoms with Gasteiger partial charge in [0, 0.05) is 11.6 Å². The van der Waals surface area contributed by atoms with E-state index in [1.54, 1.807) is 6.07 Å². The normalized spacial score (nSPS) is 10.3. The molecule has 0 amide bonds. The van der Waals surface area contributed by atoms with E-state index in [1.807, 2.05) is 31.2 Å². The second-order valence-electron chi connectivity index (χ2n) is 3.71. The molecule has 1 aromatic heterocycles. The van der Waals surface area contributed by atoms with Crippen molar-refractivity contribution in [2.45, 2.75) is 13.3 Å². The molecule has 2 rings (SSSR count). The number of aliphatic carboxylic acids is 1. The highest BCUT2D eigenvalue weighted by Gasteiger charge is 2.10. The lowest BCUT2D eigenvalue weighted by Gasteiger charge is -2.03. The highest BCUT2D eigenvalue weighted by molar-refractivity contribution is 5.70. The number of hydrogen-bond donors (Lipinski definition) is 1. The molecule has 5 heteroatoms. The van der Waals surface area contributed by atoms with Gasteiger partial charge in [0.25, 0.3) is 0 Å². The van der Waals surface area contributed by atoms with Crippen LogP contribution in [0.5, 0.6) is 5.75 Å². The fraction of sp³-hybridized carbons (Fsp3) is 0.231. The van der Waals surface area contributed by atoms with E-state index in [1.165, 1.54) is 0 Å². The van der Waals surface area contributed by atoms with Gasteiger partial charge in [0.1, 0.15) is 23.6 Å². The Morgan fingerprint density at radius 1 is 1.44 bits per heavy atom. The smallest absolute Gasteiger partial charge is 0.311 e. The number of nitrogens with zero attached hydrogens (tertiary/aromatic N) is 1. The lowest BCUT2D eigenvalue weighted by atomic mass is 10.1. The van der Waals surface area contributed by atoms with Crippen LogP contribution in [0.3, 0.4) is 0 Å². The summed E-state index contributed by atoms with van der Waals surface area (Å²) < 4.78 is 10.3. The molecule has 1 aromatic carbocycles. The summed E-state index contributed by atoms with van der Waals surface area (Å²) in [7, 11) is 0. The lowest BCUT2D eigenvalue weighted by molar-refractivity contribution is -0.136. The Kier molecular flexibility index (Phi) is 3.62. The number of ether oxygens (including phenoxy) is 1. The van der Waals surface area contributed by atoms with Gasteiger partial charge >= 0.3 is 5.97 Å². The van der Waals surface area contributed by atoms with Crippen molar-refractivity contribution >= 4 is 5.97 Å². The maximum Gasteiger partial charge on any atom is 0.311 e. The first-order chi connectivity index (χ1) is 8.69. The number of aromatic nitrogens is 1. The molecular weight excluding hydrogens is 234 g/mol. The maximum atomic E-state index is 10.5. The molecule has 0 bridgehead atoms. The third-order valence-corrected chi connectivity index (χ3v) is 2.33. The molecule has 0 saturated carbocycles. The van der Waals surface area contributed by atoms with E-state index in [-0.39, 0.29) is 6.42 Å². The first kappa shape index (κ1) is 12.2. The van der Waals surface area contributed by atoms with Crippen LogP contribution in [0.15, 0.2) is 34.9 Å². The van der Waals surface area contributed by atoms with E-state index in [0.717, 1.165) is 11.3 Å². The van der Waals surface area contributed by atoms with Crippen LogP contribution >= 0.6 is 0 Å². The average molecular weight is 247 g/mol. The number of rotatable bonds is 5. The van der Waals surface area contributed by atoms with Crippen molar-refractivity contribution in [3.05, 3.63) is 36.1 Å². The quantitative estimate of drug-likeness (QED) is 0.878. The minimum absolute atomic E-state index is 0.169. The molecule has 0 aliphatic rings. The van der Waals surface area contributed by atoms with Crippen LogP contribution in [0, 0.1) is 0 Å². The Labute approximate surface area is 104 Å². The molecule has 1 heterocycles. The molecule has 5 nitrogen and oxygen atoms in total. The van der Waals surface area contributed by atoms with Crippen molar-refractivity contribution in [2.24, 2.45) is 0 Å². The number of carboxylic acids is 1. The second kappa shape index (κ2) is 5.35. The van der Waals surface area contributed by atoms with Crippen molar-refractivity contribution in [1.82, 2.24) is 5.16 Å². The van der Waals surface area contributed by atoms with Crippen LogP contribution in [0.4, 0.5) is 0 Å². The van der Waals surface area contributed by atoms with E-state index >= 15 is 0 Å². The summed E-state index contributed by atoms with van der Waals surface area (Å²) in [5.74, 6) is 0.137. The minimum Gasteiger partial charge on any atom is -0.494 e. The summed E-state index contributed by atoms with van der Waals surface area (Å²) in [6.07, 6.45) is -0.169. The predicted octanol–water partition coefficient (Wildman–Crippen LogP) is 2.37. The zero-order chi connectivity index (χ0) is 13.0. The van der Waals surface area contributed by atoms with Gasteiger partial charge in [0.15, 0.2) is 0 Å². The molecule has 1 N–H and O–H groups in total. The van der Waals surface area contributed by atoms with Crippen LogP contribution in [0.2, 0.25) is 0 Å². The van der Waals surface area contributed by atoms with E-state index < -0.39 is 5.97 Å². The first-order valence-electron chi connectivity index (χ1n) is 5.59. The fourth-order valence-electron chi connectivity index (χ4n) is 1.59. The molecule has 0 saturated heterocycles. The third kappa shape index (κ3) is 2.88. The van der Waals surface area contributed by atoms with E-state index in [0.29, 0.717) is 18.1 Å². The van der Waals surface area contributed by atoms with Gasteiger partial charge in [-0.2, -0.15) is 0 Å². The first-order valence-corrected chi connectivity index (χ1v) is 5.59. The summed E-state index contributed by atoms with van der Waals surface area (Å²) in [6.45, 7) is 2.50. The zero-order valence-corrected chi connectivity index (χ0v) is 9.92. The van der Waals surface area contributed by atoms with Crippen molar-refractivity contribution in [3.63, 3.8) is 0 Å². The standard InChI is InChI=1S/C13H13NO4/c1-2-17-10-5-3-4-9(6-10)12-7-11(18-14-12)8-13(15)16/h3-7H,2,8H2,1H3,(H,15,16). The average Bonchev–Trinajstić information content (AvgIpc) is 2.77. The molecule has 0 fully saturated rings. The molecule has 18 heavy (non-hydrogen) atoms. The highest BCUT2D eigenvalue weighted by Crippen LogP contribution is 2.23. The Hall–Kier alpha value is -2.30. The number of carboxylic acid groups (broad SMARTS) is 1. The number of hydrogen-bond acceptors (Lipinski definition) is 4. The van der Waals surface area contributed by atoms with Crippen molar-refractivity contribution in [2.75, 3.05) is 6.61 Å². The number of carbonyl (C=O) groups is 1. The van der Waals surface area contributed by atoms with Gasteiger partial charge in [-0.15, -0.1) is 0 Å². The van der Waals surface area contributed by atoms with Crippen molar-refractivity contribution in [3.8, 4) is 17.0 Å². The largest absolute Gasteiger partial charge is 0.494 e. The molecule has 0 unspecified atom stereocenters. The van der Waals surface area contributed by atoms with Gasteiger partial charge in [0.2, 0.25) is 0 Å². The van der Waals surface area contributed by atoms with Crippen LogP contribution in [0.1, 0.15) is 12.7 Å². The summed E-state index contributed by atoms with van der Waals surface area (Å²) in [5.41, 5.74) is 1.44. The van der Waals surface area contributed by atoms with E-state index in [9.17, 15) is 4.79 Å².